The molecule has 0 saturated heterocycles. The van der Waals surface area contributed by atoms with Gasteiger partial charge in [-0.25, -0.2) is 0 Å². The Kier molecular flexibility index (Phi) is 2.81. The van der Waals surface area contributed by atoms with Crippen LogP contribution in [-0.4, -0.2) is 4.98 Å². The van der Waals surface area contributed by atoms with E-state index in [0.717, 1.165) is 6.42 Å². The highest BCUT2D eigenvalue weighted by Crippen LogP contribution is 2.46. The average molecular weight is 253 g/mol. The van der Waals surface area contributed by atoms with Crippen molar-refractivity contribution < 1.29 is 0 Å². The van der Waals surface area contributed by atoms with Crippen LogP contribution in [0.2, 0.25) is 0 Å². The SMILES string of the molecule is CC(C)C1(C(C)C)C=Cc2[nH]c3ccccc3c2C1. The van der Waals surface area contributed by atoms with Crippen molar-refractivity contribution in [1.82, 2.24) is 4.98 Å². The molecule has 0 fully saturated rings. The van der Waals surface area contributed by atoms with Crippen LogP contribution in [0, 0.1) is 17.3 Å². The molecule has 0 saturated carbocycles. The van der Waals surface area contributed by atoms with Crippen LogP contribution < -0.4 is 0 Å². The van der Waals surface area contributed by atoms with E-state index in [1.54, 1.807) is 0 Å². The van der Waals surface area contributed by atoms with Gasteiger partial charge in [0.15, 0.2) is 0 Å². The van der Waals surface area contributed by atoms with Crippen LogP contribution in [0.5, 0.6) is 0 Å². The number of para-hydroxylation sites is 1. The molecule has 0 spiro atoms. The van der Waals surface area contributed by atoms with Gasteiger partial charge < -0.3 is 4.98 Å². The van der Waals surface area contributed by atoms with Gasteiger partial charge in [-0.3, -0.25) is 0 Å². The molecule has 1 aliphatic carbocycles. The van der Waals surface area contributed by atoms with Crippen molar-refractivity contribution in [3.63, 3.8) is 0 Å². The Morgan fingerprint density at radius 1 is 1.05 bits per heavy atom. The second kappa shape index (κ2) is 4.26. The third-order valence-electron chi connectivity index (χ3n) is 5.04. The van der Waals surface area contributed by atoms with Gasteiger partial charge in [0, 0.05) is 16.6 Å². The highest BCUT2D eigenvalue weighted by Gasteiger charge is 2.38. The van der Waals surface area contributed by atoms with Gasteiger partial charge in [-0.05, 0) is 41.4 Å². The maximum atomic E-state index is 3.54. The van der Waals surface area contributed by atoms with E-state index in [9.17, 15) is 0 Å². The summed E-state index contributed by atoms with van der Waals surface area (Å²) in [6.45, 7) is 9.41. The van der Waals surface area contributed by atoms with E-state index in [-0.39, 0.29) is 5.41 Å². The minimum atomic E-state index is 0.290. The molecule has 0 amide bonds. The number of H-pyrrole nitrogens is 1. The van der Waals surface area contributed by atoms with Crippen LogP contribution in [0.25, 0.3) is 17.0 Å². The first kappa shape index (κ1) is 12.5. The lowest BCUT2D eigenvalue weighted by Gasteiger charge is -2.41. The molecule has 1 heteroatoms. The number of aromatic amines is 1. The smallest absolute Gasteiger partial charge is 0.0461 e. The van der Waals surface area contributed by atoms with Crippen molar-refractivity contribution in [3.05, 3.63) is 41.6 Å². The molecular formula is C18H23N. The first-order valence-electron chi connectivity index (χ1n) is 7.33. The van der Waals surface area contributed by atoms with E-state index < -0.39 is 0 Å². The predicted octanol–water partition coefficient (Wildman–Crippen LogP) is 5.04. The van der Waals surface area contributed by atoms with Crippen LogP contribution in [0.3, 0.4) is 0 Å². The molecule has 1 nitrogen and oxygen atoms in total. The zero-order valence-corrected chi connectivity index (χ0v) is 12.3. The molecule has 0 atom stereocenters. The lowest BCUT2D eigenvalue weighted by atomic mass is 9.63. The molecule has 100 valence electrons. The Bertz CT molecular complexity index is 620. The lowest BCUT2D eigenvalue weighted by Crippen LogP contribution is -2.35. The molecule has 0 aliphatic heterocycles. The van der Waals surface area contributed by atoms with E-state index in [2.05, 4.69) is 69.1 Å². The Morgan fingerprint density at radius 2 is 1.74 bits per heavy atom. The molecule has 1 aromatic carbocycles. The topological polar surface area (TPSA) is 15.8 Å². The highest BCUT2D eigenvalue weighted by molar-refractivity contribution is 5.88. The Hall–Kier alpha value is -1.50. The molecule has 1 aromatic heterocycles. The van der Waals surface area contributed by atoms with Crippen molar-refractivity contribution in [1.29, 1.82) is 0 Å². The van der Waals surface area contributed by atoms with Crippen molar-refractivity contribution in [3.8, 4) is 0 Å². The minimum absolute atomic E-state index is 0.290. The quantitative estimate of drug-likeness (QED) is 0.772. The number of aromatic nitrogens is 1. The molecule has 0 radical (unpaired) electrons. The second-order valence-corrected chi connectivity index (χ2v) is 6.49. The van der Waals surface area contributed by atoms with Gasteiger partial charge in [-0.15, -0.1) is 0 Å². The minimum Gasteiger partial charge on any atom is -0.355 e. The molecular weight excluding hydrogens is 230 g/mol. The first-order chi connectivity index (χ1) is 9.04. The van der Waals surface area contributed by atoms with Crippen LogP contribution in [0.1, 0.15) is 39.0 Å². The summed E-state index contributed by atoms with van der Waals surface area (Å²) in [5, 5.41) is 1.40. The number of allylic oxidation sites excluding steroid dienone is 1. The molecule has 1 heterocycles. The van der Waals surface area contributed by atoms with Crippen molar-refractivity contribution in [2.24, 2.45) is 17.3 Å². The number of rotatable bonds is 2. The van der Waals surface area contributed by atoms with E-state index in [1.807, 2.05) is 0 Å². The van der Waals surface area contributed by atoms with Gasteiger partial charge >= 0.3 is 0 Å². The van der Waals surface area contributed by atoms with Crippen molar-refractivity contribution in [2.75, 3.05) is 0 Å². The van der Waals surface area contributed by atoms with Gasteiger partial charge in [0.25, 0.3) is 0 Å². The molecule has 3 rings (SSSR count). The summed E-state index contributed by atoms with van der Waals surface area (Å²) >= 11 is 0. The Labute approximate surface area is 115 Å². The fourth-order valence-electron chi connectivity index (χ4n) is 3.62. The summed E-state index contributed by atoms with van der Waals surface area (Å²) in [4.78, 5) is 3.54. The van der Waals surface area contributed by atoms with Gasteiger partial charge in [0.2, 0.25) is 0 Å². The Balaban J connectivity index is 2.17. The summed E-state index contributed by atoms with van der Waals surface area (Å²) in [5.41, 5.74) is 4.36. The summed E-state index contributed by atoms with van der Waals surface area (Å²) in [5.74, 6) is 1.32. The number of fused-ring (bicyclic) bond motifs is 3. The summed E-state index contributed by atoms with van der Waals surface area (Å²) in [6.07, 6.45) is 5.90. The normalized spacial score (nSPS) is 17.4. The number of hydrogen-bond donors (Lipinski definition) is 1. The molecule has 1 aliphatic rings. The molecule has 0 unspecified atom stereocenters. The van der Waals surface area contributed by atoms with Crippen LogP contribution in [-0.2, 0) is 6.42 Å². The Morgan fingerprint density at radius 3 is 2.42 bits per heavy atom. The standard InChI is InChI=1S/C18H23N/c1-12(2)18(13(3)4)10-9-17-15(11-18)14-7-5-6-8-16(14)19-17/h5-10,12-13,19H,11H2,1-4H3. The molecule has 0 bridgehead atoms. The zero-order valence-electron chi connectivity index (χ0n) is 12.3. The fourth-order valence-corrected chi connectivity index (χ4v) is 3.62. The third-order valence-corrected chi connectivity index (χ3v) is 5.04. The van der Waals surface area contributed by atoms with Crippen LogP contribution >= 0.6 is 0 Å². The average Bonchev–Trinajstić information content (AvgIpc) is 2.75. The summed E-state index contributed by atoms with van der Waals surface area (Å²) in [6, 6.07) is 8.66. The number of benzene rings is 1. The number of hydrogen-bond acceptors (Lipinski definition) is 0. The second-order valence-electron chi connectivity index (χ2n) is 6.49. The number of nitrogens with one attached hydrogen (secondary N) is 1. The van der Waals surface area contributed by atoms with E-state index in [4.69, 9.17) is 0 Å². The van der Waals surface area contributed by atoms with Gasteiger partial charge in [-0.1, -0.05) is 52.0 Å². The zero-order chi connectivity index (χ0) is 13.6. The van der Waals surface area contributed by atoms with Crippen molar-refractivity contribution >= 4 is 17.0 Å². The summed E-state index contributed by atoms with van der Waals surface area (Å²) in [7, 11) is 0. The van der Waals surface area contributed by atoms with E-state index in [1.165, 1.54) is 22.2 Å². The highest BCUT2D eigenvalue weighted by atomic mass is 14.7. The van der Waals surface area contributed by atoms with Gasteiger partial charge in [0.05, 0.1) is 0 Å². The van der Waals surface area contributed by atoms with Crippen LogP contribution in [0.15, 0.2) is 30.3 Å². The molecule has 19 heavy (non-hydrogen) atoms. The first-order valence-corrected chi connectivity index (χ1v) is 7.33. The largest absolute Gasteiger partial charge is 0.355 e. The maximum absolute atomic E-state index is 3.54. The lowest BCUT2D eigenvalue weighted by molar-refractivity contribution is 0.178. The van der Waals surface area contributed by atoms with E-state index in [0.29, 0.717) is 11.8 Å². The maximum Gasteiger partial charge on any atom is 0.0461 e. The van der Waals surface area contributed by atoms with Crippen LogP contribution in [0.4, 0.5) is 0 Å². The monoisotopic (exact) mass is 253 g/mol. The molecule has 1 N–H and O–H groups in total. The summed E-state index contributed by atoms with van der Waals surface area (Å²) < 4.78 is 0. The van der Waals surface area contributed by atoms with Crippen molar-refractivity contribution in [2.45, 2.75) is 34.1 Å². The van der Waals surface area contributed by atoms with Gasteiger partial charge in [0.1, 0.15) is 0 Å². The third kappa shape index (κ3) is 1.75. The van der Waals surface area contributed by atoms with E-state index >= 15 is 0 Å². The van der Waals surface area contributed by atoms with Gasteiger partial charge in [-0.2, -0.15) is 0 Å². The predicted molar refractivity (Wildman–Crippen MR) is 83.1 cm³/mol. The molecule has 2 aromatic rings. The fraction of sp³-hybridized carbons (Fsp3) is 0.444.